The van der Waals surface area contributed by atoms with Gasteiger partial charge in [0, 0.05) is 18.6 Å². The van der Waals surface area contributed by atoms with Crippen molar-refractivity contribution in [3.8, 4) is 17.2 Å². The minimum atomic E-state index is -0.631. The van der Waals surface area contributed by atoms with E-state index in [-0.39, 0.29) is 13.2 Å². The molecule has 0 saturated carbocycles. The van der Waals surface area contributed by atoms with Crippen molar-refractivity contribution in [2.45, 2.75) is 6.42 Å². The van der Waals surface area contributed by atoms with Gasteiger partial charge in [0.25, 0.3) is 0 Å². The van der Waals surface area contributed by atoms with E-state index in [1.54, 1.807) is 16.7 Å². The number of ether oxygens (including phenoxy) is 2. The monoisotopic (exact) mass is 347 g/mol. The molecule has 4 rings (SSSR count). The summed E-state index contributed by atoms with van der Waals surface area (Å²) >= 11 is 5.28. The van der Waals surface area contributed by atoms with Crippen LogP contribution < -0.4 is 9.47 Å². The number of aromatic amines is 1. The van der Waals surface area contributed by atoms with Crippen LogP contribution in [0, 0.1) is 16.4 Å². The fourth-order valence-electron chi connectivity index (χ4n) is 2.63. The van der Waals surface area contributed by atoms with E-state index in [2.05, 4.69) is 10.2 Å². The molecule has 2 heterocycles. The molecule has 0 saturated heterocycles. The third-order valence-corrected chi connectivity index (χ3v) is 3.91. The third kappa shape index (κ3) is 2.65. The number of nitrogens with zero attached hydrogens (tertiary/aromatic N) is 2. The second-order valence-electron chi connectivity index (χ2n) is 5.27. The molecule has 5 nitrogen and oxygen atoms in total. The lowest BCUT2D eigenvalue weighted by atomic mass is 10.1. The van der Waals surface area contributed by atoms with Gasteiger partial charge in [0.05, 0.1) is 5.69 Å². The van der Waals surface area contributed by atoms with Gasteiger partial charge in [-0.25, -0.2) is 8.78 Å². The standard InChI is InChI=1S/C16H11F2N3O2S/c17-10-3-9(4-11(18)6-10)5-15-19-20-16(24)21(15)12-1-2-13-14(7-12)23-8-22-13/h1-4,6-7H,5,8H2,(H,20,24). The second kappa shape index (κ2) is 5.72. The first-order valence-corrected chi connectivity index (χ1v) is 7.52. The Morgan fingerprint density at radius 3 is 2.62 bits per heavy atom. The van der Waals surface area contributed by atoms with Gasteiger partial charge in [-0.1, -0.05) is 0 Å². The number of nitrogens with one attached hydrogen (secondary N) is 1. The summed E-state index contributed by atoms with van der Waals surface area (Å²) in [6, 6.07) is 8.74. The first-order chi connectivity index (χ1) is 11.6. The summed E-state index contributed by atoms with van der Waals surface area (Å²) in [6.07, 6.45) is 0.219. The van der Waals surface area contributed by atoms with E-state index in [1.807, 2.05) is 6.07 Å². The maximum absolute atomic E-state index is 13.4. The van der Waals surface area contributed by atoms with Crippen molar-refractivity contribution in [1.82, 2.24) is 14.8 Å². The molecular weight excluding hydrogens is 336 g/mol. The number of rotatable bonds is 3. The van der Waals surface area contributed by atoms with Crippen molar-refractivity contribution in [2.24, 2.45) is 0 Å². The molecule has 122 valence electrons. The average molecular weight is 347 g/mol. The van der Waals surface area contributed by atoms with E-state index >= 15 is 0 Å². The number of aromatic nitrogens is 3. The van der Waals surface area contributed by atoms with Gasteiger partial charge >= 0.3 is 0 Å². The molecule has 1 aliphatic heterocycles. The molecule has 1 aromatic heterocycles. The van der Waals surface area contributed by atoms with Gasteiger partial charge in [-0.3, -0.25) is 9.67 Å². The molecule has 0 fully saturated rings. The third-order valence-electron chi connectivity index (χ3n) is 3.64. The molecule has 2 aromatic carbocycles. The highest BCUT2D eigenvalue weighted by atomic mass is 32.1. The van der Waals surface area contributed by atoms with Gasteiger partial charge in [0.15, 0.2) is 16.3 Å². The van der Waals surface area contributed by atoms with Crippen molar-refractivity contribution in [3.05, 3.63) is 64.2 Å². The number of benzene rings is 2. The van der Waals surface area contributed by atoms with Crippen LogP contribution >= 0.6 is 12.2 Å². The Labute approximate surface area is 140 Å². The lowest BCUT2D eigenvalue weighted by molar-refractivity contribution is 0.174. The van der Waals surface area contributed by atoms with Gasteiger partial charge in [0.1, 0.15) is 17.5 Å². The van der Waals surface area contributed by atoms with Crippen molar-refractivity contribution in [1.29, 1.82) is 0 Å². The molecule has 0 aliphatic carbocycles. The minimum Gasteiger partial charge on any atom is -0.454 e. The summed E-state index contributed by atoms with van der Waals surface area (Å²) < 4.78 is 39.5. The van der Waals surface area contributed by atoms with Crippen molar-refractivity contribution in [3.63, 3.8) is 0 Å². The minimum absolute atomic E-state index is 0.172. The molecule has 0 bridgehead atoms. The summed E-state index contributed by atoms with van der Waals surface area (Å²) in [5.74, 6) is 0.534. The Kier molecular flexibility index (Phi) is 3.53. The van der Waals surface area contributed by atoms with Crippen molar-refractivity contribution >= 4 is 12.2 Å². The summed E-state index contributed by atoms with van der Waals surface area (Å²) in [4.78, 5) is 0. The molecule has 0 atom stereocenters. The van der Waals surface area contributed by atoms with Gasteiger partial charge in [-0.05, 0) is 42.0 Å². The van der Waals surface area contributed by atoms with Crippen LogP contribution in [0.15, 0.2) is 36.4 Å². The maximum atomic E-state index is 13.4. The van der Waals surface area contributed by atoms with Gasteiger partial charge in [-0.2, -0.15) is 5.10 Å². The highest BCUT2D eigenvalue weighted by Crippen LogP contribution is 2.34. The zero-order chi connectivity index (χ0) is 16.7. The SMILES string of the molecule is Fc1cc(F)cc(Cc2n[nH]c(=S)n2-c2ccc3c(c2)OCO3)c1. The number of halogens is 2. The summed E-state index contributed by atoms with van der Waals surface area (Å²) in [6.45, 7) is 0.172. The van der Waals surface area contributed by atoms with Gasteiger partial charge < -0.3 is 9.47 Å². The smallest absolute Gasteiger partial charge is 0.231 e. The molecular formula is C16H11F2N3O2S. The Balaban J connectivity index is 1.75. The maximum Gasteiger partial charge on any atom is 0.231 e. The largest absolute Gasteiger partial charge is 0.454 e. The van der Waals surface area contributed by atoms with Crippen molar-refractivity contribution < 1.29 is 18.3 Å². The number of hydrogen-bond donors (Lipinski definition) is 1. The molecule has 0 unspecified atom stereocenters. The van der Waals surface area contributed by atoms with E-state index in [1.165, 1.54) is 12.1 Å². The molecule has 0 spiro atoms. The first-order valence-electron chi connectivity index (χ1n) is 7.11. The van der Waals surface area contributed by atoms with Gasteiger partial charge in [0.2, 0.25) is 6.79 Å². The van der Waals surface area contributed by atoms with Crippen LogP contribution in [0.25, 0.3) is 5.69 Å². The fraction of sp³-hybridized carbons (Fsp3) is 0.125. The molecule has 24 heavy (non-hydrogen) atoms. The molecule has 3 aromatic rings. The second-order valence-corrected chi connectivity index (χ2v) is 5.66. The Hall–Kier alpha value is -2.74. The molecule has 8 heteroatoms. The van der Waals surface area contributed by atoms with Crippen LogP contribution in [0.1, 0.15) is 11.4 Å². The molecule has 1 N–H and O–H groups in total. The zero-order valence-electron chi connectivity index (χ0n) is 12.3. The fourth-order valence-corrected chi connectivity index (χ4v) is 2.89. The van der Waals surface area contributed by atoms with Crippen molar-refractivity contribution in [2.75, 3.05) is 6.79 Å². The number of fused-ring (bicyclic) bond motifs is 1. The van der Waals surface area contributed by atoms with Crippen LogP contribution in [0.5, 0.6) is 11.5 Å². The lowest BCUT2D eigenvalue weighted by Gasteiger charge is -2.08. The van der Waals surface area contributed by atoms with Crippen LogP contribution in [0.4, 0.5) is 8.78 Å². The predicted octanol–water partition coefficient (Wildman–Crippen LogP) is 3.53. The highest BCUT2D eigenvalue weighted by Gasteiger charge is 2.16. The van der Waals surface area contributed by atoms with Crippen LogP contribution in [0.2, 0.25) is 0 Å². The molecule has 0 radical (unpaired) electrons. The normalized spacial score (nSPS) is 12.6. The van der Waals surface area contributed by atoms with E-state index in [0.717, 1.165) is 11.8 Å². The number of hydrogen-bond acceptors (Lipinski definition) is 4. The Bertz CT molecular complexity index is 963. The van der Waals surface area contributed by atoms with E-state index in [4.69, 9.17) is 21.7 Å². The zero-order valence-corrected chi connectivity index (χ0v) is 13.1. The highest BCUT2D eigenvalue weighted by molar-refractivity contribution is 7.71. The summed E-state index contributed by atoms with van der Waals surface area (Å²) in [5, 5.41) is 6.88. The quantitative estimate of drug-likeness (QED) is 0.737. The van der Waals surface area contributed by atoms with E-state index in [0.29, 0.717) is 27.7 Å². The molecule has 0 amide bonds. The summed E-state index contributed by atoms with van der Waals surface area (Å²) in [5.41, 5.74) is 1.19. The Morgan fingerprint density at radius 2 is 1.83 bits per heavy atom. The van der Waals surface area contributed by atoms with E-state index < -0.39 is 11.6 Å². The molecule has 1 aliphatic rings. The topological polar surface area (TPSA) is 52.1 Å². The lowest BCUT2D eigenvalue weighted by Crippen LogP contribution is -2.03. The Morgan fingerprint density at radius 1 is 1.08 bits per heavy atom. The van der Waals surface area contributed by atoms with Crippen LogP contribution in [-0.4, -0.2) is 21.6 Å². The van der Waals surface area contributed by atoms with Gasteiger partial charge in [-0.15, -0.1) is 0 Å². The van der Waals surface area contributed by atoms with Crippen LogP contribution in [-0.2, 0) is 6.42 Å². The van der Waals surface area contributed by atoms with E-state index in [9.17, 15) is 8.78 Å². The average Bonchev–Trinajstić information content (AvgIpc) is 3.12. The summed E-state index contributed by atoms with van der Waals surface area (Å²) in [7, 11) is 0. The number of H-pyrrole nitrogens is 1. The first kappa shape index (κ1) is 14.8. The van der Waals surface area contributed by atoms with Crippen LogP contribution in [0.3, 0.4) is 0 Å². The predicted molar refractivity (Wildman–Crippen MR) is 84.0 cm³/mol.